The first-order valence-corrected chi connectivity index (χ1v) is 12.2. The van der Waals surface area contributed by atoms with Gasteiger partial charge in [-0.15, -0.1) is 0 Å². The highest BCUT2D eigenvalue weighted by Crippen LogP contribution is 2.72. The summed E-state index contributed by atoms with van der Waals surface area (Å²) in [6.45, 7) is 15.5. The van der Waals surface area contributed by atoms with Crippen molar-refractivity contribution in [3.63, 3.8) is 0 Å². The molecule has 8 nitrogen and oxygen atoms in total. The number of amides is 2. The molecule has 2 amide bonds. The molecule has 0 unspecified atom stereocenters. The smallest absolute Gasteiger partial charge is 0.335 e. The summed E-state index contributed by atoms with van der Waals surface area (Å²) in [6.07, 6.45) is 0. The van der Waals surface area contributed by atoms with Crippen LogP contribution in [0.25, 0.3) is 0 Å². The second-order valence-electron chi connectivity index (χ2n) is 12.2. The van der Waals surface area contributed by atoms with Crippen molar-refractivity contribution in [1.82, 2.24) is 0 Å². The van der Waals surface area contributed by atoms with Crippen molar-refractivity contribution in [1.29, 1.82) is 0 Å². The number of carbonyl (C=O) groups is 4. The van der Waals surface area contributed by atoms with E-state index in [9.17, 15) is 29.4 Å². The van der Waals surface area contributed by atoms with Gasteiger partial charge in [-0.2, -0.15) is 0 Å². The summed E-state index contributed by atoms with van der Waals surface area (Å²) in [4.78, 5) is 55.1. The number of aromatic carboxylic acids is 2. The Morgan fingerprint density at radius 3 is 1.08 bits per heavy atom. The molecular weight excluding hydrogens is 472 g/mol. The summed E-state index contributed by atoms with van der Waals surface area (Å²) in [7, 11) is 0. The average Bonchev–Trinajstić information content (AvgIpc) is 3.02. The van der Waals surface area contributed by atoms with Crippen molar-refractivity contribution in [2.24, 2.45) is 21.7 Å². The van der Waals surface area contributed by atoms with Crippen LogP contribution in [0.2, 0.25) is 0 Å². The molecule has 1 spiro atoms. The monoisotopic (exact) mass is 506 g/mol. The number of rotatable bonds is 4. The molecule has 0 atom stereocenters. The molecule has 0 radical (unpaired) electrons. The second-order valence-corrected chi connectivity index (χ2v) is 12.2. The molecule has 196 valence electrons. The molecule has 2 N–H and O–H groups in total. The van der Waals surface area contributed by atoms with E-state index in [0.29, 0.717) is 11.4 Å². The maximum absolute atomic E-state index is 14.3. The number of carboxylic acid groups (broad SMARTS) is 2. The van der Waals surface area contributed by atoms with Gasteiger partial charge in [0.15, 0.2) is 0 Å². The van der Waals surface area contributed by atoms with Gasteiger partial charge >= 0.3 is 11.9 Å². The molecule has 2 aliphatic rings. The van der Waals surface area contributed by atoms with Crippen molar-refractivity contribution in [3.05, 3.63) is 59.7 Å². The van der Waals surface area contributed by atoms with Crippen LogP contribution in [0.1, 0.15) is 76.1 Å². The Balaban J connectivity index is 2.11. The zero-order chi connectivity index (χ0) is 27.9. The van der Waals surface area contributed by atoms with E-state index in [2.05, 4.69) is 0 Å². The molecule has 8 heteroatoms. The molecule has 2 aliphatic heterocycles. The van der Waals surface area contributed by atoms with E-state index in [1.54, 1.807) is 34.1 Å². The molecule has 2 aromatic rings. The first kappa shape index (κ1) is 26.4. The van der Waals surface area contributed by atoms with Gasteiger partial charge in [-0.1, -0.05) is 55.4 Å². The van der Waals surface area contributed by atoms with Crippen LogP contribution in [-0.4, -0.2) is 39.6 Å². The summed E-state index contributed by atoms with van der Waals surface area (Å²) in [6, 6.07) is 12.3. The standard InChI is InChI=1S/C29H34N2O6/c1-25(2)23(36)30(19-13-9-17(10-14-19)21(32)33)29(27(25,5)6)28(7,8)26(3,4)24(37)31(29)20-15-11-18(12-16-20)22(34)35/h9-16H,1-8H3,(H,32,33)(H,34,35). The number of hydrogen-bond donors (Lipinski definition) is 2. The van der Waals surface area contributed by atoms with E-state index in [-0.39, 0.29) is 22.9 Å². The minimum Gasteiger partial charge on any atom is -0.478 e. The molecule has 2 heterocycles. The quantitative estimate of drug-likeness (QED) is 0.583. The Kier molecular flexibility index (Phi) is 5.46. The van der Waals surface area contributed by atoms with E-state index >= 15 is 0 Å². The Morgan fingerprint density at radius 1 is 0.568 bits per heavy atom. The number of nitrogens with zero attached hydrogens (tertiary/aromatic N) is 2. The van der Waals surface area contributed by atoms with E-state index < -0.39 is 39.3 Å². The van der Waals surface area contributed by atoms with Crippen LogP contribution in [0.15, 0.2) is 48.5 Å². The Morgan fingerprint density at radius 2 is 0.838 bits per heavy atom. The van der Waals surface area contributed by atoms with Gasteiger partial charge in [0.05, 0.1) is 22.0 Å². The highest BCUT2D eigenvalue weighted by atomic mass is 16.4. The summed E-state index contributed by atoms with van der Waals surface area (Å²) >= 11 is 0. The summed E-state index contributed by atoms with van der Waals surface area (Å²) < 4.78 is 0. The molecule has 0 bridgehead atoms. The predicted molar refractivity (Wildman–Crippen MR) is 140 cm³/mol. The normalized spacial score (nSPS) is 22.5. The summed E-state index contributed by atoms with van der Waals surface area (Å²) in [5, 5.41) is 18.9. The van der Waals surface area contributed by atoms with Crippen LogP contribution in [0.4, 0.5) is 11.4 Å². The third-order valence-electron chi connectivity index (χ3n) is 9.74. The van der Waals surface area contributed by atoms with Crippen LogP contribution >= 0.6 is 0 Å². The van der Waals surface area contributed by atoms with Crippen molar-refractivity contribution in [2.45, 2.75) is 61.1 Å². The van der Waals surface area contributed by atoms with Crippen molar-refractivity contribution < 1.29 is 29.4 Å². The first-order chi connectivity index (χ1) is 16.9. The minimum atomic E-state index is -1.23. The fraction of sp³-hybridized carbons (Fsp3) is 0.448. The van der Waals surface area contributed by atoms with Gasteiger partial charge in [-0.25, -0.2) is 9.59 Å². The number of carboxylic acids is 2. The number of carbonyl (C=O) groups excluding carboxylic acids is 2. The third kappa shape index (κ3) is 2.95. The van der Waals surface area contributed by atoms with Gasteiger partial charge in [0.1, 0.15) is 5.66 Å². The molecule has 0 aliphatic carbocycles. The van der Waals surface area contributed by atoms with E-state index in [4.69, 9.17) is 0 Å². The molecule has 37 heavy (non-hydrogen) atoms. The number of benzene rings is 2. The zero-order valence-corrected chi connectivity index (χ0v) is 22.5. The van der Waals surface area contributed by atoms with Gasteiger partial charge in [0.25, 0.3) is 0 Å². The Bertz CT molecular complexity index is 1220. The lowest BCUT2D eigenvalue weighted by Crippen LogP contribution is -2.69. The largest absolute Gasteiger partial charge is 0.478 e. The zero-order valence-electron chi connectivity index (χ0n) is 22.5. The first-order valence-electron chi connectivity index (χ1n) is 12.2. The molecular formula is C29H34N2O6. The second kappa shape index (κ2) is 7.66. The topological polar surface area (TPSA) is 115 Å². The van der Waals surface area contributed by atoms with Gasteiger partial charge < -0.3 is 10.2 Å². The Hall–Kier alpha value is -3.68. The molecule has 2 saturated heterocycles. The lowest BCUT2D eigenvalue weighted by molar-refractivity contribution is -0.127. The van der Waals surface area contributed by atoms with Crippen LogP contribution < -0.4 is 9.80 Å². The number of hydrogen-bond acceptors (Lipinski definition) is 4. The maximum Gasteiger partial charge on any atom is 0.335 e. The fourth-order valence-electron chi connectivity index (χ4n) is 6.37. The molecule has 2 fully saturated rings. The lowest BCUT2D eigenvalue weighted by Gasteiger charge is -2.58. The van der Waals surface area contributed by atoms with E-state index in [1.165, 1.54) is 24.3 Å². The SMILES string of the molecule is CC1(C)C(=O)N(c2ccc(C(=O)O)cc2)C2(N(c3ccc(C(=O)O)cc3)C(=O)C(C)(C)C2(C)C)C1(C)C. The van der Waals surface area contributed by atoms with Gasteiger partial charge in [-0.05, 0) is 48.5 Å². The summed E-state index contributed by atoms with van der Waals surface area (Å²) in [5.41, 5.74) is -3.56. The maximum atomic E-state index is 14.3. The average molecular weight is 507 g/mol. The van der Waals surface area contributed by atoms with Gasteiger partial charge in [0, 0.05) is 22.2 Å². The van der Waals surface area contributed by atoms with E-state index in [1.807, 2.05) is 55.4 Å². The highest BCUT2D eigenvalue weighted by molar-refractivity contribution is 6.11. The molecule has 0 saturated carbocycles. The molecule has 2 aromatic carbocycles. The number of anilines is 2. The lowest BCUT2D eigenvalue weighted by atomic mass is 9.53. The van der Waals surface area contributed by atoms with Gasteiger partial charge in [0.2, 0.25) is 11.8 Å². The third-order valence-corrected chi connectivity index (χ3v) is 9.74. The Labute approximate surface area is 216 Å². The van der Waals surface area contributed by atoms with Crippen molar-refractivity contribution in [3.8, 4) is 0 Å². The van der Waals surface area contributed by atoms with Crippen LogP contribution in [0, 0.1) is 21.7 Å². The van der Waals surface area contributed by atoms with Gasteiger partial charge in [-0.3, -0.25) is 19.4 Å². The van der Waals surface area contributed by atoms with Crippen molar-refractivity contribution >= 4 is 35.1 Å². The highest BCUT2D eigenvalue weighted by Gasteiger charge is 2.82. The fourth-order valence-corrected chi connectivity index (χ4v) is 6.37. The van der Waals surface area contributed by atoms with Crippen LogP contribution in [-0.2, 0) is 9.59 Å². The van der Waals surface area contributed by atoms with Crippen LogP contribution in [0.5, 0.6) is 0 Å². The minimum absolute atomic E-state index is 0.0890. The molecule has 4 rings (SSSR count). The van der Waals surface area contributed by atoms with Crippen molar-refractivity contribution in [2.75, 3.05) is 9.80 Å². The predicted octanol–water partition coefficient (Wildman–Crippen LogP) is 5.28. The molecule has 0 aromatic heterocycles. The summed E-state index contributed by atoms with van der Waals surface area (Å²) in [5.74, 6) is -2.53. The van der Waals surface area contributed by atoms with E-state index in [0.717, 1.165) is 0 Å². The van der Waals surface area contributed by atoms with Crippen LogP contribution in [0.3, 0.4) is 0 Å².